The third-order valence-corrected chi connectivity index (χ3v) is 4.93. The molecule has 0 bridgehead atoms. The number of aryl methyl sites for hydroxylation is 2. The van der Waals surface area contributed by atoms with Crippen molar-refractivity contribution in [2.45, 2.75) is 26.4 Å². The van der Waals surface area contributed by atoms with Gasteiger partial charge in [0.1, 0.15) is 5.52 Å². The summed E-state index contributed by atoms with van der Waals surface area (Å²) in [5.41, 5.74) is 9.69. The van der Waals surface area contributed by atoms with Crippen LogP contribution in [0.25, 0.3) is 21.8 Å². The average molecular weight is 387 g/mol. The van der Waals surface area contributed by atoms with Crippen molar-refractivity contribution in [3.05, 3.63) is 75.7 Å². The Balaban J connectivity index is 1.67. The number of aromatic amines is 1. The number of fused-ring (bicyclic) bond motifs is 3. The van der Waals surface area contributed by atoms with Crippen molar-refractivity contribution in [1.82, 2.24) is 14.8 Å². The molecule has 0 fully saturated rings. The van der Waals surface area contributed by atoms with Crippen LogP contribution in [0.3, 0.4) is 0 Å². The van der Waals surface area contributed by atoms with Crippen LogP contribution >= 0.6 is 0 Å². The van der Waals surface area contributed by atoms with Crippen LogP contribution in [0.4, 0.5) is 0 Å². The molecule has 2 aromatic carbocycles. The number of hydrogen-bond donors (Lipinski definition) is 2. The van der Waals surface area contributed by atoms with Crippen LogP contribution in [0.2, 0.25) is 0 Å². The minimum absolute atomic E-state index is 0.168. The van der Waals surface area contributed by atoms with Crippen molar-refractivity contribution in [2.24, 2.45) is 10.7 Å². The molecule has 2 aromatic heterocycles. The summed E-state index contributed by atoms with van der Waals surface area (Å²) < 4.78 is 1.62. The highest BCUT2D eigenvalue weighted by Crippen LogP contribution is 2.22. The summed E-state index contributed by atoms with van der Waals surface area (Å²) in [6.07, 6.45) is 1.40. The fourth-order valence-electron chi connectivity index (χ4n) is 3.41. The van der Waals surface area contributed by atoms with E-state index in [4.69, 9.17) is 5.73 Å². The molecule has 4 aromatic rings. The number of nitrogens with two attached hydrogens (primary N) is 1. The quantitative estimate of drug-likeness (QED) is 0.525. The number of rotatable bonds is 4. The fraction of sp³-hybridized carbons (Fsp3) is 0.182. The number of nitrogens with one attached hydrogen (secondary N) is 1. The number of H-pyrrole nitrogens is 1. The molecule has 0 aliphatic rings. The molecule has 29 heavy (non-hydrogen) atoms. The predicted octanol–water partition coefficient (Wildman–Crippen LogP) is 2.73. The fourth-order valence-corrected chi connectivity index (χ4v) is 3.41. The number of nitrogens with zero attached hydrogens (tertiary/aromatic N) is 3. The van der Waals surface area contributed by atoms with E-state index < -0.39 is 6.04 Å². The number of hydrogen-bond acceptors (Lipinski definition) is 4. The van der Waals surface area contributed by atoms with Gasteiger partial charge in [-0.25, -0.2) is 4.99 Å². The largest absolute Gasteiger partial charge is 0.322 e. The van der Waals surface area contributed by atoms with Crippen molar-refractivity contribution >= 4 is 33.9 Å². The lowest BCUT2D eigenvalue weighted by molar-refractivity contribution is 0.100. The molecule has 7 nitrogen and oxygen atoms in total. The molecule has 0 saturated heterocycles. The van der Waals surface area contributed by atoms with E-state index in [1.54, 1.807) is 16.7 Å². The summed E-state index contributed by atoms with van der Waals surface area (Å²) in [6.45, 7) is 3.97. The first-order chi connectivity index (χ1) is 14.0. The van der Waals surface area contributed by atoms with Gasteiger partial charge in [0.2, 0.25) is 0 Å². The molecule has 1 amide bonds. The van der Waals surface area contributed by atoms with Gasteiger partial charge >= 0.3 is 0 Å². The van der Waals surface area contributed by atoms with Crippen LogP contribution < -0.4 is 11.3 Å². The van der Waals surface area contributed by atoms with Gasteiger partial charge in [-0.3, -0.25) is 14.7 Å². The SMILES string of the molecule is Cc1ccc(C(=O)N=CC(N)Cn2c(=O)c3c(C)[nH]nc3c3ccccc32)cc1. The molecule has 0 aliphatic heterocycles. The van der Waals surface area contributed by atoms with Crippen molar-refractivity contribution in [3.63, 3.8) is 0 Å². The van der Waals surface area contributed by atoms with Gasteiger partial charge in [0.25, 0.3) is 11.5 Å². The zero-order chi connectivity index (χ0) is 20.5. The molecule has 4 rings (SSSR count). The number of carbonyl (C=O) groups excluding carboxylic acids is 1. The van der Waals surface area contributed by atoms with E-state index in [2.05, 4.69) is 15.2 Å². The maximum Gasteiger partial charge on any atom is 0.276 e. The Kier molecular flexibility index (Phi) is 4.82. The van der Waals surface area contributed by atoms with Crippen LogP contribution in [0.5, 0.6) is 0 Å². The van der Waals surface area contributed by atoms with E-state index >= 15 is 0 Å². The molecular weight excluding hydrogens is 366 g/mol. The van der Waals surface area contributed by atoms with Crippen molar-refractivity contribution in [1.29, 1.82) is 0 Å². The highest BCUT2D eigenvalue weighted by Gasteiger charge is 2.16. The van der Waals surface area contributed by atoms with Crippen molar-refractivity contribution in [3.8, 4) is 0 Å². The lowest BCUT2D eigenvalue weighted by Crippen LogP contribution is -2.33. The van der Waals surface area contributed by atoms with Crippen LogP contribution in [0.15, 0.2) is 58.3 Å². The molecule has 0 saturated carbocycles. The normalized spacial score (nSPS) is 12.8. The highest BCUT2D eigenvalue weighted by atomic mass is 16.1. The van der Waals surface area contributed by atoms with E-state index in [1.807, 2.05) is 50.2 Å². The third kappa shape index (κ3) is 3.48. The number of amides is 1. The Morgan fingerprint density at radius 3 is 2.69 bits per heavy atom. The van der Waals surface area contributed by atoms with Gasteiger partial charge in [-0.05, 0) is 32.0 Å². The van der Waals surface area contributed by atoms with Gasteiger partial charge in [0, 0.05) is 29.4 Å². The average Bonchev–Trinajstić information content (AvgIpc) is 3.12. The second-order valence-corrected chi connectivity index (χ2v) is 7.12. The minimum atomic E-state index is -0.602. The van der Waals surface area contributed by atoms with Gasteiger partial charge in [-0.15, -0.1) is 0 Å². The first-order valence-corrected chi connectivity index (χ1v) is 9.32. The highest BCUT2D eigenvalue weighted by molar-refractivity contribution is 6.04. The van der Waals surface area contributed by atoms with Crippen molar-refractivity contribution in [2.75, 3.05) is 0 Å². The van der Waals surface area contributed by atoms with Crippen LogP contribution in [0, 0.1) is 13.8 Å². The topological polar surface area (TPSA) is 106 Å². The molecule has 2 heterocycles. The Morgan fingerprint density at radius 2 is 1.93 bits per heavy atom. The molecule has 0 aliphatic carbocycles. The predicted molar refractivity (Wildman–Crippen MR) is 115 cm³/mol. The standard InChI is InChI=1S/C22H21N5O2/c1-13-7-9-15(10-8-13)21(28)24-11-16(23)12-27-18-6-4-3-5-17(18)20-19(22(27)29)14(2)25-26-20/h3-11,16H,12,23H2,1-2H3,(H,25,26). The van der Waals surface area contributed by atoms with Crippen molar-refractivity contribution < 1.29 is 4.79 Å². The van der Waals surface area contributed by atoms with Gasteiger partial charge in [-0.1, -0.05) is 35.9 Å². The zero-order valence-electron chi connectivity index (χ0n) is 16.2. The van der Waals surface area contributed by atoms with E-state index in [9.17, 15) is 9.59 Å². The minimum Gasteiger partial charge on any atom is -0.322 e. The number of carbonyl (C=O) groups is 1. The van der Waals surface area contributed by atoms with E-state index in [0.717, 1.165) is 16.5 Å². The molecular formula is C22H21N5O2. The number of benzene rings is 2. The first kappa shape index (κ1) is 18.8. The lowest BCUT2D eigenvalue weighted by atomic mass is 10.1. The van der Waals surface area contributed by atoms with Gasteiger partial charge in [-0.2, -0.15) is 5.10 Å². The molecule has 0 spiro atoms. The zero-order valence-corrected chi connectivity index (χ0v) is 16.2. The maximum atomic E-state index is 13.1. The Labute approximate surface area is 166 Å². The van der Waals surface area contributed by atoms with Crippen LogP contribution in [-0.4, -0.2) is 32.9 Å². The van der Waals surface area contributed by atoms with Crippen LogP contribution in [0.1, 0.15) is 21.6 Å². The maximum absolute atomic E-state index is 13.1. The molecule has 3 N–H and O–H groups in total. The van der Waals surface area contributed by atoms with E-state index in [1.165, 1.54) is 6.21 Å². The Bertz CT molecular complexity index is 1300. The third-order valence-electron chi connectivity index (χ3n) is 4.93. The molecule has 1 atom stereocenters. The van der Waals surface area contributed by atoms with Crippen LogP contribution in [-0.2, 0) is 6.54 Å². The van der Waals surface area contributed by atoms with Gasteiger partial charge in [0.05, 0.1) is 16.9 Å². The van der Waals surface area contributed by atoms with Gasteiger partial charge < -0.3 is 10.3 Å². The second kappa shape index (κ2) is 7.44. The smallest absolute Gasteiger partial charge is 0.276 e. The first-order valence-electron chi connectivity index (χ1n) is 9.32. The number of aliphatic imine (C=N–C) groups is 1. The molecule has 7 heteroatoms. The lowest BCUT2D eigenvalue weighted by Gasteiger charge is -2.13. The molecule has 0 radical (unpaired) electrons. The van der Waals surface area contributed by atoms with E-state index in [-0.39, 0.29) is 18.0 Å². The number of para-hydroxylation sites is 1. The summed E-state index contributed by atoms with van der Waals surface area (Å²) >= 11 is 0. The monoisotopic (exact) mass is 387 g/mol. The summed E-state index contributed by atoms with van der Waals surface area (Å²) in [7, 11) is 0. The number of pyridine rings is 1. The number of aromatic nitrogens is 3. The molecule has 1 unspecified atom stereocenters. The summed E-state index contributed by atoms with van der Waals surface area (Å²) in [5, 5.41) is 8.58. The summed E-state index contributed by atoms with van der Waals surface area (Å²) in [5.74, 6) is -0.362. The van der Waals surface area contributed by atoms with Gasteiger partial charge in [0.15, 0.2) is 0 Å². The Hall–Kier alpha value is -3.58. The molecule has 146 valence electrons. The Morgan fingerprint density at radius 1 is 1.21 bits per heavy atom. The van der Waals surface area contributed by atoms with E-state index in [0.29, 0.717) is 22.2 Å². The second-order valence-electron chi connectivity index (χ2n) is 7.12. The summed E-state index contributed by atoms with van der Waals surface area (Å²) in [4.78, 5) is 29.3. The summed E-state index contributed by atoms with van der Waals surface area (Å²) in [6, 6.07) is 14.1.